The van der Waals surface area contributed by atoms with E-state index in [4.69, 9.17) is 9.97 Å². The predicted octanol–water partition coefficient (Wildman–Crippen LogP) is 3.16. The van der Waals surface area contributed by atoms with Crippen molar-refractivity contribution in [1.82, 2.24) is 19.8 Å². The number of carbonyl (C=O) groups is 1. The fraction of sp³-hybridized carbons (Fsp3) is 0.571. The number of nitrogens with zero attached hydrogens (tertiary/aromatic N) is 4. The van der Waals surface area contributed by atoms with Gasteiger partial charge in [0, 0.05) is 26.1 Å². The van der Waals surface area contributed by atoms with Gasteiger partial charge >= 0.3 is 0 Å². The molecular formula is C21H28N4O. The van der Waals surface area contributed by atoms with Gasteiger partial charge < -0.3 is 4.90 Å². The maximum Gasteiger partial charge on any atom is 0.222 e. The van der Waals surface area contributed by atoms with E-state index in [1.165, 1.54) is 12.8 Å². The fourth-order valence-electron chi connectivity index (χ4n) is 4.20. The molecule has 0 radical (unpaired) electrons. The minimum Gasteiger partial charge on any atom is -0.343 e. The Hall–Kier alpha value is -2.01. The molecule has 1 amide bonds. The van der Waals surface area contributed by atoms with Gasteiger partial charge in [0.2, 0.25) is 5.91 Å². The normalized spacial score (nSPS) is 19.6. The number of amides is 1. The smallest absolute Gasteiger partial charge is 0.222 e. The van der Waals surface area contributed by atoms with Crippen LogP contribution in [0.25, 0.3) is 11.0 Å². The van der Waals surface area contributed by atoms with Crippen LogP contribution in [0.3, 0.4) is 0 Å². The Kier molecular flexibility index (Phi) is 5.16. The average Bonchev–Trinajstić information content (AvgIpc) is 3.07. The van der Waals surface area contributed by atoms with Crippen molar-refractivity contribution in [2.24, 2.45) is 5.92 Å². The first kappa shape index (κ1) is 17.4. The van der Waals surface area contributed by atoms with Crippen molar-refractivity contribution < 1.29 is 4.79 Å². The number of para-hydroxylation sites is 2. The lowest BCUT2D eigenvalue weighted by Gasteiger charge is -2.32. The Balaban J connectivity index is 1.30. The zero-order chi connectivity index (χ0) is 17.9. The third-order valence-corrected chi connectivity index (χ3v) is 5.90. The highest BCUT2D eigenvalue weighted by molar-refractivity contribution is 5.78. The lowest BCUT2D eigenvalue weighted by molar-refractivity contribution is -0.127. The van der Waals surface area contributed by atoms with Gasteiger partial charge in [0.05, 0.1) is 22.4 Å². The molecule has 4 rings (SSSR count). The molecule has 3 heterocycles. The van der Waals surface area contributed by atoms with Gasteiger partial charge in [0.25, 0.3) is 0 Å². The monoisotopic (exact) mass is 352 g/mol. The summed E-state index contributed by atoms with van der Waals surface area (Å²) in [4.78, 5) is 25.8. The first-order valence-electron chi connectivity index (χ1n) is 9.91. The van der Waals surface area contributed by atoms with Crippen molar-refractivity contribution >= 4 is 16.9 Å². The van der Waals surface area contributed by atoms with Crippen LogP contribution in [0.15, 0.2) is 24.3 Å². The second-order valence-electron chi connectivity index (χ2n) is 7.74. The number of aromatic nitrogens is 2. The first-order valence-corrected chi connectivity index (χ1v) is 9.91. The second kappa shape index (κ2) is 7.70. The highest BCUT2D eigenvalue weighted by atomic mass is 16.2. The summed E-state index contributed by atoms with van der Waals surface area (Å²) in [5.41, 5.74) is 4.10. The van der Waals surface area contributed by atoms with E-state index < -0.39 is 0 Å². The lowest BCUT2D eigenvalue weighted by Crippen LogP contribution is -2.35. The minimum absolute atomic E-state index is 0.354. The molecule has 2 saturated heterocycles. The van der Waals surface area contributed by atoms with E-state index in [1.54, 1.807) is 0 Å². The largest absolute Gasteiger partial charge is 0.343 e. The number of carbonyl (C=O) groups excluding carboxylic acids is 1. The van der Waals surface area contributed by atoms with Gasteiger partial charge in [-0.1, -0.05) is 12.1 Å². The van der Waals surface area contributed by atoms with Crippen molar-refractivity contribution in [2.45, 2.75) is 45.6 Å². The molecule has 2 aliphatic heterocycles. The molecule has 138 valence electrons. The summed E-state index contributed by atoms with van der Waals surface area (Å²) < 4.78 is 0. The summed E-state index contributed by atoms with van der Waals surface area (Å²) in [6, 6.07) is 8.09. The van der Waals surface area contributed by atoms with Crippen molar-refractivity contribution in [3.8, 4) is 0 Å². The molecule has 2 fully saturated rings. The Bertz CT molecular complexity index is 783. The third-order valence-electron chi connectivity index (χ3n) is 5.90. The summed E-state index contributed by atoms with van der Waals surface area (Å²) in [6.07, 6.45) is 5.41. The van der Waals surface area contributed by atoms with Gasteiger partial charge in [-0.3, -0.25) is 9.69 Å². The number of piperidine rings is 1. The lowest BCUT2D eigenvalue weighted by atomic mass is 9.93. The molecule has 5 nitrogen and oxygen atoms in total. The molecule has 0 unspecified atom stereocenters. The summed E-state index contributed by atoms with van der Waals surface area (Å²) in [5, 5.41) is 0. The molecule has 0 N–H and O–H groups in total. The minimum atomic E-state index is 0.354. The molecule has 1 aromatic heterocycles. The molecule has 0 saturated carbocycles. The Morgan fingerprint density at radius 3 is 2.50 bits per heavy atom. The van der Waals surface area contributed by atoms with Crippen LogP contribution < -0.4 is 0 Å². The molecule has 2 aromatic rings. The van der Waals surface area contributed by atoms with Crippen LogP contribution >= 0.6 is 0 Å². The quantitative estimate of drug-likeness (QED) is 0.829. The van der Waals surface area contributed by atoms with Crippen molar-refractivity contribution in [2.75, 3.05) is 26.2 Å². The van der Waals surface area contributed by atoms with Crippen LogP contribution in [-0.2, 0) is 11.3 Å². The van der Waals surface area contributed by atoms with Crippen LogP contribution in [0.5, 0.6) is 0 Å². The summed E-state index contributed by atoms with van der Waals surface area (Å²) in [5.74, 6) is 1.11. The molecule has 26 heavy (non-hydrogen) atoms. The first-order chi connectivity index (χ1) is 12.7. The Morgan fingerprint density at radius 1 is 1.08 bits per heavy atom. The summed E-state index contributed by atoms with van der Waals surface area (Å²) >= 11 is 0. The Labute approximate surface area is 155 Å². The molecular weight excluding hydrogens is 324 g/mol. The summed E-state index contributed by atoms with van der Waals surface area (Å²) in [6.45, 7) is 7.12. The van der Waals surface area contributed by atoms with Crippen LogP contribution in [0.2, 0.25) is 0 Å². The zero-order valence-corrected chi connectivity index (χ0v) is 15.7. The molecule has 0 bridgehead atoms. The van der Waals surface area contributed by atoms with E-state index in [0.29, 0.717) is 5.91 Å². The van der Waals surface area contributed by atoms with Crippen LogP contribution in [0, 0.1) is 12.8 Å². The van der Waals surface area contributed by atoms with E-state index in [9.17, 15) is 4.79 Å². The van der Waals surface area contributed by atoms with Crippen molar-refractivity contribution in [3.05, 3.63) is 35.7 Å². The van der Waals surface area contributed by atoms with Gasteiger partial charge in [-0.25, -0.2) is 9.97 Å². The van der Waals surface area contributed by atoms with Gasteiger partial charge in [-0.05, 0) is 63.7 Å². The number of hydrogen-bond acceptors (Lipinski definition) is 4. The van der Waals surface area contributed by atoms with Gasteiger partial charge in [0.1, 0.15) is 0 Å². The van der Waals surface area contributed by atoms with Crippen molar-refractivity contribution in [3.63, 3.8) is 0 Å². The number of benzene rings is 1. The second-order valence-corrected chi connectivity index (χ2v) is 7.74. The molecule has 0 atom stereocenters. The van der Waals surface area contributed by atoms with Crippen LogP contribution in [0.1, 0.15) is 43.5 Å². The highest BCUT2D eigenvalue weighted by Crippen LogP contribution is 2.24. The van der Waals surface area contributed by atoms with E-state index in [0.717, 1.165) is 80.3 Å². The molecule has 1 aromatic carbocycles. The number of hydrogen-bond donors (Lipinski definition) is 0. The molecule has 0 spiro atoms. The van der Waals surface area contributed by atoms with E-state index in [2.05, 4.69) is 16.7 Å². The van der Waals surface area contributed by atoms with Crippen LogP contribution in [-0.4, -0.2) is 51.9 Å². The maximum absolute atomic E-state index is 11.7. The fourth-order valence-corrected chi connectivity index (χ4v) is 4.20. The SMILES string of the molecule is Cc1nc2ccccc2nc1CN1CCC(CCN2CCCC2=O)CC1. The number of aryl methyl sites for hydroxylation is 1. The predicted molar refractivity (Wildman–Crippen MR) is 103 cm³/mol. The highest BCUT2D eigenvalue weighted by Gasteiger charge is 2.24. The van der Waals surface area contributed by atoms with Crippen molar-refractivity contribution in [1.29, 1.82) is 0 Å². The van der Waals surface area contributed by atoms with E-state index in [-0.39, 0.29) is 0 Å². The topological polar surface area (TPSA) is 49.3 Å². The van der Waals surface area contributed by atoms with E-state index in [1.807, 2.05) is 24.3 Å². The number of fused-ring (bicyclic) bond motifs is 1. The van der Waals surface area contributed by atoms with Gasteiger partial charge in [0.15, 0.2) is 0 Å². The third kappa shape index (κ3) is 3.88. The number of rotatable bonds is 5. The summed E-state index contributed by atoms with van der Waals surface area (Å²) in [7, 11) is 0. The molecule has 2 aliphatic rings. The number of likely N-dealkylation sites (tertiary alicyclic amines) is 2. The van der Waals surface area contributed by atoms with E-state index >= 15 is 0 Å². The standard InChI is InChI=1S/C21H28N4O/c1-16-20(23-19-6-3-2-5-18(19)22-16)15-24-12-8-17(9-13-24)10-14-25-11-4-7-21(25)26/h2-3,5-6,17H,4,7-15H2,1H3. The van der Waals surface area contributed by atoms with Crippen LogP contribution in [0.4, 0.5) is 0 Å². The average molecular weight is 352 g/mol. The maximum atomic E-state index is 11.7. The zero-order valence-electron chi connectivity index (χ0n) is 15.7. The molecule has 5 heteroatoms. The Morgan fingerprint density at radius 2 is 1.81 bits per heavy atom. The van der Waals surface area contributed by atoms with Gasteiger partial charge in [-0.2, -0.15) is 0 Å². The van der Waals surface area contributed by atoms with Gasteiger partial charge in [-0.15, -0.1) is 0 Å². The molecule has 0 aliphatic carbocycles.